The zero-order valence-corrected chi connectivity index (χ0v) is 22.9. The third kappa shape index (κ3) is 7.22. The molecule has 2 heterocycles. The number of aromatic nitrogens is 2. The molecule has 42 heavy (non-hydrogen) atoms. The zero-order valence-electron chi connectivity index (χ0n) is 22.1. The normalized spacial score (nSPS) is 13.9. The SMILES string of the molecule is COc1cc(CC(c2cc(NCC(F)F)c(O)c(-c3ccc(F)cc3)n2)C(F)(F)F)cc2sc(C3CC3)nc12.NC=O. The summed E-state index contributed by atoms with van der Waals surface area (Å²) in [4.78, 5) is 17.3. The lowest BCUT2D eigenvalue weighted by Crippen LogP contribution is -2.24. The van der Waals surface area contributed by atoms with E-state index in [2.05, 4.69) is 21.0 Å². The van der Waals surface area contributed by atoms with Gasteiger partial charge in [-0.15, -0.1) is 11.3 Å². The van der Waals surface area contributed by atoms with Gasteiger partial charge in [0.2, 0.25) is 6.41 Å². The van der Waals surface area contributed by atoms with Crippen LogP contribution in [0.2, 0.25) is 0 Å². The number of primary amides is 1. The van der Waals surface area contributed by atoms with Crippen LogP contribution in [-0.2, 0) is 11.2 Å². The Labute approximate surface area is 240 Å². The van der Waals surface area contributed by atoms with E-state index in [4.69, 9.17) is 9.53 Å². The number of alkyl halides is 5. The van der Waals surface area contributed by atoms with Crippen LogP contribution in [0.25, 0.3) is 21.5 Å². The molecule has 2 aromatic carbocycles. The molecule has 1 aliphatic rings. The van der Waals surface area contributed by atoms with Gasteiger partial charge < -0.3 is 20.9 Å². The monoisotopic (exact) mass is 612 g/mol. The number of methoxy groups -OCH3 is 1. The Morgan fingerprint density at radius 1 is 1.17 bits per heavy atom. The maximum atomic E-state index is 14.5. The van der Waals surface area contributed by atoms with E-state index >= 15 is 0 Å². The molecule has 1 saturated carbocycles. The predicted octanol–water partition coefficient (Wildman–Crippen LogP) is 6.76. The Kier molecular flexibility index (Phi) is 9.44. The summed E-state index contributed by atoms with van der Waals surface area (Å²) in [6, 6.07) is 8.68. The Morgan fingerprint density at radius 2 is 1.83 bits per heavy atom. The molecule has 224 valence electrons. The van der Waals surface area contributed by atoms with Gasteiger partial charge in [-0.2, -0.15) is 13.2 Å². The van der Waals surface area contributed by atoms with Crippen LogP contribution in [0.4, 0.5) is 32.0 Å². The van der Waals surface area contributed by atoms with Gasteiger partial charge in [-0.3, -0.25) is 4.79 Å². The van der Waals surface area contributed by atoms with Gasteiger partial charge in [0.25, 0.3) is 6.43 Å². The summed E-state index contributed by atoms with van der Waals surface area (Å²) in [6.07, 6.45) is -5.83. The van der Waals surface area contributed by atoms with E-state index in [1.54, 1.807) is 6.07 Å². The van der Waals surface area contributed by atoms with Crippen LogP contribution in [-0.4, -0.2) is 47.7 Å². The van der Waals surface area contributed by atoms with E-state index in [0.29, 0.717) is 27.4 Å². The topological polar surface area (TPSA) is 110 Å². The van der Waals surface area contributed by atoms with E-state index < -0.39 is 48.7 Å². The second-order valence-corrected chi connectivity index (χ2v) is 10.5. The van der Waals surface area contributed by atoms with Crippen LogP contribution >= 0.6 is 11.3 Å². The van der Waals surface area contributed by atoms with Crippen molar-refractivity contribution in [3.8, 4) is 22.8 Å². The summed E-state index contributed by atoms with van der Waals surface area (Å²) in [5, 5.41) is 13.9. The van der Waals surface area contributed by atoms with Gasteiger partial charge >= 0.3 is 6.18 Å². The molecule has 1 unspecified atom stereocenters. The molecule has 0 spiro atoms. The van der Waals surface area contributed by atoms with E-state index in [0.717, 1.165) is 36.0 Å². The van der Waals surface area contributed by atoms with Gasteiger partial charge in [0.05, 0.1) is 34.7 Å². The summed E-state index contributed by atoms with van der Waals surface area (Å²) in [7, 11) is 1.42. The number of amides is 1. The Morgan fingerprint density at radius 3 is 2.40 bits per heavy atom. The third-order valence-electron chi connectivity index (χ3n) is 6.45. The van der Waals surface area contributed by atoms with Gasteiger partial charge in [-0.05, 0) is 67.3 Å². The van der Waals surface area contributed by atoms with Crippen molar-refractivity contribution in [1.82, 2.24) is 9.97 Å². The van der Waals surface area contributed by atoms with Gasteiger partial charge in [0, 0.05) is 11.5 Å². The number of pyridine rings is 1. The minimum Gasteiger partial charge on any atom is -0.504 e. The van der Waals surface area contributed by atoms with E-state index in [1.165, 1.54) is 36.6 Å². The molecule has 0 bridgehead atoms. The first-order valence-electron chi connectivity index (χ1n) is 12.7. The molecule has 1 aliphatic carbocycles. The second kappa shape index (κ2) is 12.8. The Hall–Kier alpha value is -4.07. The lowest BCUT2D eigenvalue weighted by Gasteiger charge is -2.23. The maximum absolute atomic E-state index is 14.5. The third-order valence-corrected chi connectivity index (χ3v) is 7.62. The average molecular weight is 613 g/mol. The standard InChI is InChI=1S/C27H23F6N3O2S.CH3NO/c1-38-20-9-13(10-21-24(20)36-26(39-21)15-2-3-15)8-17(27(31,32)33)18-11-19(34-12-22(29)30)25(37)23(35-18)14-4-6-16(28)7-5-14;2-1-3/h4-7,9-11,15,17,22,37H,2-3,8,12H2,1H3,(H,34,35);1H,(H2,2,3). The quantitative estimate of drug-likeness (QED) is 0.142. The first-order chi connectivity index (χ1) is 19.9. The molecule has 2 aromatic heterocycles. The van der Waals surface area contributed by atoms with Crippen LogP contribution in [0.3, 0.4) is 0 Å². The van der Waals surface area contributed by atoms with Crippen molar-refractivity contribution in [2.75, 3.05) is 19.0 Å². The molecule has 4 N–H and O–H groups in total. The summed E-state index contributed by atoms with van der Waals surface area (Å²) < 4.78 is 89.0. The largest absolute Gasteiger partial charge is 0.504 e. The van der Waals surface area contributed by atoms with Crippen molar-refractivity contribution in [3.63, 3.8) is 0 Å². The van der Waals surface area contributed by atoms with E-state index in [9.17, 15) is 31.4 Å². The molecule has 4 aromatic rings. The van der Waals surface area contributed by atoms with Crippen LogP contribution in [0.1, 0.15) is 40.9 Å². The maximum Gasteiger partial charge on any atom is 0.397 e. The van der Waals surface area contributed by atoms with Crippen molar-refractivity contribution in [1.29, 1.82) is 0 Å². The van der Waals surface area contributed by atoms with Gasteiger partial charge in [0.1, 0.15) is 28.7 Å². The lowest BCUT2D eigenvalue weighted by atomic mass is 9.93. The molecule has 1 fully saturated rings. The van der Waals surface area contributed by atoms with Gasteiger partial charge in [-0.25, -0.2) is 23.1 Å². The highest BCUT2D eigenvalue weighted by Gasteiger charge is 2.42. The number of hydrogen-bond donors (Lipinski definition) is 3. The van der Waals surface area contributed by atoms with Crippen molar-refractivity contribution in [2.24, 2.45) is 5.73 Å². The Balaban J connectivity index is 0.00000129. The van der Waals surface area contributed by atoms with Crippen molar-refractivity contribution < 1.29 is 41.0 Å². The molecule has 1 amide bonds. The molecule has 7 nitrogen and oxygen atoms in total. The number of benzene rings is 2. The van der Waals surface area contributed by atoms with Crippen molar-refractivity contribution in [3.05, 3.63) is 64.5 Å². The molecular weight excluding hydrogens is 586 g/mol. The average Bonchev–Trinajstić information content (AvgIpc) is 3.70. The lowest BCUT2D eigenvalue weighted by molar-refractivity contribution is -0.151. The van der Waals surface area contributed by atoms with Gasteiger partial charge in [-0.1, -0.05) is 0 Å². The fourth-order valence-electron chi connectivity index (χ4n) is 4.34. The minimum atomic E-state index is -4.78. The number of carbonyl (C=O) groups excluding carboxylic acids is 1. The van der Waals surface area contributed by atoms with Gasteiger partial charge in [0.15, 0.2) is 5.75 Å². The highest BCUT2D eigenvalue weighted by atomic mass is 32.1. The number of ether oxygens (including phenoxy) is 1. The highest BCUT2D eigenvalue weighted by Crippen LogP contribution is 2.46. The number of carbonyl (C=O) groups is 1. The number of anilines is 1. The number of nitrogens with two attached hydrogens (primary N) is 1. The van der Waals surface area contributed by atoms with Crippen molar-refractivity contribution >= 4 is 33.7 Å². The number of rotatable bonds is 9. The molecule has 5 rings (SSSR count). The molecular formula is C28H26F6N4O3S. The second-order valence-electron chi connectivity index (χ2n) is 9.48. The van der Waals surface area contributed by atoms with Crippen molar-refractivity contribution in [2.45, 2.75) is 43.7 Å². The minimum absolute atomic E-state index is 0.122. The predicted molar refractivity (Wildman–Crippen MR) is 147 cm³/mol. The number of halogens is 6. The van der Waals surface area contributed by atoms with Crippen LogP contribution in [0, 0.1) is 5.82 Å². The first-order valence-corrected chi connectivity index (χ1v) is 13.5. The molecule has 0 radical (unpaired) electrons. The number of nitrogens with zero attached hydrogens (tertiary/aromatic N) is 2. The van der Waals surface area contributed by atoms with E-state index in [-0.39, 0.29) is 23.4 Å². The summed E-state index contributed by atoms with van der Waals surface area (Å²) in [5.41, 5.74) is 4.10. The van der Waals surface area contributed by atoms with E-state index in [1.807, 2.05) is 0 Å². The van der Waals surface area contributed by atoms with Crippen LogP contribution in [0.15, 0.2) is 42.5 Å². The molecule has 14 heteroatoms. The fourth-order valence-corrected chi connectivity index (χ4v) is 5.56. The van der Waals surface area contributed by atoms with Crippen LogP contribution in [0.5, 0.6) is 11.5 Å². The summed E-state index contributed by atoms with van der Waals surface area (Å²) in [5.74, 6) is -2.65. The number of hydrogen-bond acceptors (Lipinski definition) is 7. The molecule has 0 saturated heterocycles. The number of nitrogens with one attached hydrogen (secondary N) is 1. The summed E-state index contributed by atoms with van der Waals surface area (Å²) in [6.45, 7) is -0.904. The number of thiazole rings is 1. The summed E-state index contributed by atoms with van der Waals surface area (Å²) >= 11 is 1.42. The van der Waals surface area contributed by atoms with Crippen LogP contribution < -0.4 is 15.8 Å². The molecule has 0 aliphatic heterocycles. The fraction of sp³-hybridized carbons (Fsp3) is 0.321. The zero-order chi connectivity index (χ0) is 30.6. The number of fused-ring (bicyclic) bond motifs is 1. The number of aromatic hydroxyl groups is 1. The molecule has 1 atom stereocenters. The Bertz CT molecular complexity index is 1540. The highest BCUT2D eigenvalue weighted by molar-refractivity contribution is 7.18. The smallest absolute Gasteiger partial charge is 0.397 e. The first kappa shape index (κ1) is 30.9.